The summed E-state index contributed by atoms with van der Waals surface area (Å²) >= 11 is 1.55. The first-order valence-electron chi connectivity index (χ1n) is 8.89. The second-order valence-electron chi connectivity index (χ2n) is 6.93. The minimum absolute atomic E-state index is 0.0940. The zero-order valence-corrected chi connectivity index (χ0v) is 16.2. The Kier molecular flexibility index (Phi) is 6.07. The van der Waals surface area contributed by atoms with Gasteiger partial charge in [-0.05, 0) is 25.3 Å². The van der Waals surface area contributed by atoms with Crippen molar-refractivity contribution in [1.82, 2.24) is 9.62 Å². The summed E-state index contributed by atoms with van der Waals surface area (Å²) in [4.78, 5) is 12.8. The van der Waals surface area contributed by atoms with E-state index in [1.165, 1.54) is 4.31 Å². The van der Waals surface area contributed by atoms with E-state index in [4.69, 9.17) is 0 Å². The molecule has 1 aliphatic carbocycles. The van der Waals surface area contributed by atoms with Crippen molar-refractivity contribution in [3.8, 4) is 0 Å². The van der Waals surface area contributed by atoms with E-state index in [2.05, 4.69) is 5.32 Å². The molecule has 1 heterocycles. The van der Waals surface area contributed by atoms with E-state index in [1.807, 2.05) is 31.2 Å². The molecule has 7 heteroatoms. The van der Waals surface area contributed by atoms with Gasteiger partial charge in [0.2, 0.25) is 15.9 Å². The topological polar surface area (TPSA) is 66.5 Å². The number of nitrogens with zero attached hydrogens (tertiary/aromatic N) is 1. The number of benzene rings is 1. The Hall–Kier alpha value is -1.05. The highest BCUT2D eigenvalue weighted by Crippen LogP contribution is 2.24. The van der Waals surface area contributed by atoms with Crippen LogP contribution in [0.2, 0.25) is 0 Å². The Bertz CT molecular complexity index is 698. The number of carbonyl (C=O) groups is 1. The summed E-state index contributed by atoms with van der Waals surface area (Å²) in [6.45, 7) is 2.26. The fraction of sp³-hybridized carbons (Fsp3) is 0.611. The van der Waals surface area contributed by atoms with Gasteiger partial charge in [0.05, 0.1) is 5.75 Å². The summed E-state index contributed by atoms with van der Waals surface area (Å²) < 4.78 is 26.9. The highest BCUT2D eigenvalue weighted by molar-refractivity contribution is 8.00. The molecule has 3 rings (SSSR count). The molecule has 1 aliphatic heterocycles. The van der Waals surface area contributed by atoms with E-state index >= 15 is 0 Å². The van der Waals surface area contributed by atoms with Gasteiger partial charge in [0.1, 0.15) is 6.04 Å². The molecule has 0 aromatic heterocycles. The number of sulfonamides is 1. The van der Waals surface area contributed by atoms with Crippen molar-refractivity contribution in [2.75, 3.05) is 17.3 Å². The summed E-state index contributed by atoms with van der Waals surface area (Å²) in [6, 6.07) is 7.40. The summed E-state index contributed by atoms with van der Waals surface area (Å²) in [6.07, 6.45) is 4.26. The molecule has 1 N–H and O–H groups in total. The van der Waals surface area contributed by atoms with Crippen LogP contribution in [0, 0.1) is 6.92 Å². The van der Waals surface area contributed by atoms with Crippen LogP contribution < -0.4 is 5.32 Å². The molecule has 0 spiro atoms. The van der Waals surface area contributed by atoms with Crippen LogP contribution >= 0.6 is 11.8 Å². The van der Waals surface area contributed by atoms with Crippen molar-refractivity contribution >= 4 is 27.7 Å². The lowest BCUT2D eigenvalue weighted by atomic mass is 10.1. The van der Waals surface area contributed by atoms with Crippen LogP contribution in [-0.2, 0) is 21.4 Å². The second-order valence-corrected chi connectivity index (χ2v) is 10.1. The van der Waals surface area contributed by atoms with Gasteiger partial charge in [-0.15, -0.1) is 0 Å². The fourth-order valence-corrected chi connectivity index (χ4v) is 6.68. The van der Waals surface area contributed by atoms with E-state index in [0.717, 1.165) is 36.8 Å². The fourth-order valence-electron chi connectivity index (χ4n) is 3.41. The molecule has 0 radical (unpaired) electrons. The van der Waals surface area contributed by atoms with Crippen molar-refractivity contribution in [1.29, 1.82) is 0 Å². The Morgan fingerprint density at radius 3 is 2.60 bits per heavy atom. The quantitative estimate of drug-likeness (QED) is 0.868. The molecule has 1 atom stereocenters. The molecule has 1 saturated carbocycles. The molecule has 1 unspecified atom stereocenters. The number of hydrogen-bond acceptors (Lipinski definition) is 4. The molecule has 2 fully saturated rings. The molecular formula is C18H26N2O3S2. The highest BCUT2D eigenvalue weighted by Gasteiger charge is 2.37. The van der Waals surface area contributed by atoms with E-state index in [1.54, 1.807) is 11.8 Å². The number of rotatable bonds is 4. The molecule has 1 amide bonds. The van der Waals surface area contributed by atoms with Gasteiger partial charge in [-0.2, -0.15) is 16.1 Å². The Labute approximate surface area is 154 Å². The largest absolute Gasteiger partial charge is 0.352 e. The number of thioether (sulfide) groups is 1. The molecule has 138 valence electrons. The number of nitrogens with one attached hydrogen (secondary N) is 1. The molecular weight excluding hydrogens is 356 g/mol. The second kappa shape index (κ2) is 8.10. The maximum Gasteiger partial charge on any atom is 0.239 e. The molecule has 1 aromatic carbocycles. The van der Waals surface area contributed by atoms with Crippen molar-refractivity contribution < 1.29 is 13.2 Å². The smallest absolute Gasteiger partial charge is 0.239 e. The number of carbonyl (C=O) groups excluding carboxylic acids is 1. The zero-order valence-electron chi connectivity index (χ0n) is 14.6. The van der Waals surface area contributed by atoms with Crippen LogP contribution in [0.3, 0.4) is 0 Å². The lowest BCUT2D eigenvalue weighted by molar-refractivity contribution is -0.125. The van der Waals surface area contributed by atoms with Gasteiger partial charge >= 0.3 is 0 Å². The molecule has 1 saturated heterocycles. The van der Waals surface area contributed by atoms with Crippen molar-refractivity contribution in [3.63, 3.8) is 0 Å². The predicted molar refractivity (Wildman–Crippen MR) is 102 cm³/mol. The summed E-state index contributed by atoms with van der Waals surface area (Å²) in [5.74, 6) is 1.01. The first kappa shape index (κ1) is 18.7. The van der Waals surface area contributed by atoms with Crippen LogP contribution in [0.1, 0.15) is 36.8 Å². The van der Waals surface area contributed by atoms with Crippen LogP contribution in [0.4, 0.5) is 0 Å². The van der Waals surface area contributed by atoms with E-state index in [-0.39, 0.29) is 24.2 Å². The van der Waals surface area contributed by atoms with Crippen LogP contribution in [0.15, 0.2) is 24.3 Å². The predicted octanol–water partition coefficient (Wildman–Crippen LogP) is 2.30. The Morgan fingerprint density at radius 2 is 1.92 bits per heavy atom. The number of hydrogen-bond donors (Lipinski definition) is 1. The summed E-state index contributed by atoms with van der Waals surface area (Å²) in [5.41, 5.74) is 2.05. The SMILES string of the molecule is Cc1ccc(CN2C(C(=O)NC3CCCC3)CSCCS2(=O)=O)cc1. The van der Waals surface area contributed by atoms with Gasteiger partial charge in [-0.3, -0.25) is 4.79 Å². The lowest BCUT2D eigenvalue weighted by Crippen LogP contribution is -2.52. The van der Waals surface area contributed by atoms with Crippen LogP contribution in [0.25, 0.3) is 0 Å². The summed E-state index contributed by atoms with van der Waals surface area (Å²) in [7, 11) is -3.44. The highest BCUT2D eigenvalue weighted by atomic mass is 32.2. The van der Waals surface area contributed by atoms with E-state index in [9.17, 15) is 13.2 Å². The normalized spacial score (nSPS) is 24.8. The van der Waals surface area contributed by atoms with Gasteiger partial charge in [0.25, 0.3) is 0 Å². The van der Waals surface area contributed by atoms with E-state index in [0.29, 0.717) is 11.5 Å². The van der Waals surface area contributed by atoms with Crippen molar-refractivity contribution in [2.24, 2.45) is 0 Å². The van der Waals surface area contributed by atoms with Gasteiger partial charge in [0, 0.05) is 24.1 Å². The number of amides is 1. The Morgan fingerprint density at radius 1 is 1.24 bits per heavy atom. The third-order valence-corrected chi connectivity index (χ3v) is 8.05. The van der Waals surface area contributed by atoms with Gasteiger partial charge < -0.3 is 5.32 Å². The average Bonchev–Trinajstić information content (AvgIpc) is 3.02. The van der Waals surface area contributed by atoms with Gasteiger partial charge in [0.15, 0.2) is 0 Å². The molecule has 25 heavy (non-hydrogen) atoms. The lowest BCUT2D eigenvalue weighted by Gasteiger charge is -2.29. The van der Waals surface area contributed by atoms with Crippen LogP contribution in [-0.4, -0.2) is 48.0 Å². The minimum Gasteiger partial charge on any atom is -0.352 e. The monoisotopic (exact) mass is 382 g/mol. The molecule has 2 aliphatic rings. The van der Waals surface area contributed by atoms with E-state index < -0.39 is 16.1 Å². The minimum atomic E-state index is -3.44. The molecule has 0 bridgehead atoms. The zero-order chi connectivity index (χ0) is 17.9. The summed E-state index contributed by atoms with van der Waals surface area (Å²) in [5, 5.41) is 3.08. The first-order valence-corrected chi connectivity index (χ1v) is 11.7. The molecule has 1 aromatic rings. The third kappa shape index (κ3) is 4.77. The first-order chi connectivity index (χ1) is 12.0. The van der Waals surface area contributed by atoms with Gasteiger partial charge in [-0.1, -0.05) is 42.7 Å². The standard InChI is InChI=1S/C18H26N2O3S2/c1-14-6-8-15(9-7-14)12-20-17(13-24-10-11-25(20,22)23)18(21)19-16-4-2-3-5-16/h6-9,16-17H,2-5,10-13H2,1H3,(H,19,21). The maximum absolute atomic E-state index is 12.8. The number of aryl methyl sites for hydroxylation is 1. The maximum atomic E-state index is 12.8. The average molecular weight is 383 g/mol. The third-order valence-electron chi connectivity index (χ3n) is 4.93. The Balaban J connectivity index is 1.81. The van der Waals surface area contributed by atoms with Crippen LogP contribution in [0.5, 0.6) is 0 Å². The van der Waals surface area contributed by atoms with Crippen molar-refractivity contribution in [3.05, 3.63) is 35.4 Å². The van der Waals surface area contributed by atoms with Gasteiger partial charge in [-0.25, -0.2) is 8.42 Å². The van der Waals surface area contributed by atoms with Crippen molar-refractivity contribution in [2.45, 2.75) is 51.2 Å². The molecule has 5 nitrogen and oxygen atoms in total.